The molecule has 0 aromatic carbocycles. The summed E-state index contributed by atoms with van der Waals surface area (Å²) < 4.78 is 40.0. The van der Waals surface area contributed by atoms with E-state index in [0.29, 0.717) is 6.42 Å². The third-order valence-electron chi connectivity index (χ3n) is 1.60. The third-order valence-corrected chi connectivity index (χ3v) is 1.60. The Balaban J connectivity index is 0.000000561. The van der Waals surface area contributed by atoms with E-state index in [0.717, 1.165) is 0 Å². The molecule has 4 heteroatoms. The van der Waals surface area contributed by atoms with Crippen LogP contribution in [0.15, 0.2) is 0 Å². The van der Waals surface area contributed by atoms with E-state index in [1.807, 2.05) is 13.8 Å². The molecule has 2 atom stereocenters. The van der Waals surface area contributed by atoms with Gasteiger partial charge in [-0.25, -0.2) is 0 Å². The molecule has 0 aliphatic carbocycles. The number of ether oxygens (including phenoxy) is 1. The molecular formula is C8H15F3O. The Morgan fingerprint density at radius 3 is 1.83 bits per heavy atom. The van der Waals surface area contributed by atoms with Gasteiger partial charge in [0.25, 0.3) is 0 Å². The van der Waals surface area contributed by atoms with Crippen molar-refractivity contribution in [2.24, 2.45) is 0 Å². The summed E-state index contributed by atoms with van der Waals surface area (Å²) in [7, 11) is 0. The quantitative estimate of drug-likeness (QED) is 0.562. The van der Waals surface area contributed by atoms with Crippen LogP contribution in [0.3, 0.4) is 0 Å². The van der Waals surface area contributed by atoms with Gasteiger partial charge < -0.3 is 4.74 Å². The van der Waals surface area contributed by atoms with Crippen LogP contribution < -0.4 is 0 Å². The highest BCUT2D eigenvalue weighted by atomic mass is 19.4. The van der Waals surface area contributed by atoms with Crippen molar-refractivity contribution in [3.05, 3.63) is 0 Å². The molecule has 74 valence electrons. The Kier molecular flexibility index (Phi) is 4.60. The zero-order valence-electron chi connectivity index (χ0n) is 7.61. The molecule has 0 spiro atoms. The molecule has 12 heavy (non-hydrogen) atoms. The molecule has 0 bridgehead atoms. The zero-order chi connectivity index (χ0) is 9.78. The van der Waals surface area contributed by atoms with Crippen LogP contribution >= 0.6 is 0 Å². The van der Waals surface area contributed by atoms with Gasteiger partial charge in [0, 0.05) is 0 Å². The lowest BCUT2D eigenvalue weighted by Crippen LogP contribution is -2.28. The molecule has 0 aromatic rings. The van der Waals surface area contributed by atoms with Crippen molar-refractivity contribution < 1.29 is 17.9 Å². The van der Waals surface area contributed by atoms with E-state index in [-0.39, 0.29) is 12.5 Å². The maximum atomic E-state index is 11.8. The third kappa shape index (κ3) is 3.43. The number of rotatable bonds is 0. The Bertz CT molecular complexity index is 122. The number of alkyl halides is 3. The first kappa shape index (κ1) is 11.8. The van der Waals surface area contributed by atoms with E-state index in [2.05, 4.69) is 4.74 Å². The summed E-state index contributed by atoms with van der Waals surface area (Å²) in [5.74, 6) is 0. The van der Waals surface area contributed by atoms with Crippen LogP contribution in [-0.4, -0.2) is 18.4 Å². The lowest BCUT2D eigenvalue weighted by atomic mass is 10.2. The fourth-order valence-corrected chi connectivity index (χ4v) is 1.04. The van der Waals surface area contributed by atoms with Crippen molar-refractivity contribution in [2.45, 2.75) is 52.0 Å². The number of hydrogen-bond acceptors (Lipinski definition) is 1. The molecule has 0 amide bonds. The molecule has 1 saturated heterocycles. The van der Waals surface area contributed by atoms with Gasteiger partial charge in [0.2, 0.25) is 0 Å². The van der Waals surface area contributed by atoms with Crippen LogP contribution in [-0.2, 0) is 4.74 Å². The molecule has 1 fully saturated rings. The van der Waals surface area contributed by atoms with Crippen molar-refractivity contribution in [3.63, 3.8) is 0 Å². The van der Waals surface area contributed by atoms with Crippen molar-refractivity contribution in [2.75, 3.05) is 0 Å². The van der Waals surface area contributed by atoms with E-state index < -0.39 is 12.3 Å². The molecule has 2 unspecified atom stereocenters. The number of hydrogen-bond donors (Lipinski definition) is 0. The van der Waals surface area contributed by atoms with Gasteiger partial charge in [-0.3, -0.25) is 0 Å². The van der Waals surface area contributed by atoms with Gasteiger partial charge in [-0.15, -0.1) is 0 Å². The molecule has 0 radical (unpaired) electrons. The Morgan fingerprint density at radius 2 is 1.67 bits per heavy atom. The normalized spacial score (nSPS) is 29.5. The summed E-state index contributed by atoms with van der Waals surface area (Å²) in [4.78, 5) is 0. The van der Waals surface area contributed by atoms with Crippen LogP contribution in [0, 0.1) is 0 Å². The van der Waals surface area contributed by atoms with Gasteiger partial charge in [-0.05, 0) is 19.8 Å². The van der Waals surface area contributed by atoms with Gasteiger partial charge in [0.05, 0.1) is 6.10 Å². The van der Waals surface area contributed by atoms with Crippen LogP contribution in [0.5, 0.6) is 0 Å². The molecule has 1 rings (SSSR count). The van der Waals surface area contributed by atoms with Crippen LogP contribution in [0.4, 0.5) is 13.2 Å². The predicted octanol–water partition coefficient (Wildman–Crippen LogP) is 3.14. The molecule has 0 aromatic heterocycles. The molecule has 0 saturated carbocycles. The Hall–Kier alpha value is -0.250. The molecule has 1 heterocycles. The Labute approximate surface area is 70.9 Å². The SMILES string of the molecule is CC.CC1CCC(C(F)(F)F)O1. The minimum Gasteiger partial charge on any atom is -0.366 e. The highest BCUT2D eigenvalue weighted by molar-refractivity contribution is 4.76. The fraction of sp³-hybridized carbons (Fsp3) is 1.00. The van der Waals surface area contributed by atoms with Gasteiger partial charge in [0.1, 0.15) is 0 Å². The molecule has 1 nitrogen and oxygen atoms in total. The summed E-state index contributed by atoms with van der Waals surface area (Å²) in [6, 6.07) is 0. The summed E-state index contributed by atoms with van der Waals surface area (Å²) in [6.07, 6.45) is -5.27. The van der Waals surface area contributed by atoms with Crippen LogP contribution in [0.2, 0.25) is 0 Å². The molecular weight excluding hydrogens is 169 g/mol. The second-order valence-electron chi connectivity index (χ2n) is 2.55. The average Bonchev–Trinajstić information content (AvgIpc) is 2.39. The van der Waals surface area contributed by atoms with Crippen LogP contribution in [0.25, 0.3) is 0 Å². The highest BCUT2D eigenvalue weighted by Gasteiger charge is 2.44. The van der Waals surface area contributed by atoms with Crippen molar-refractivity contribution in [1.29, 1.82) is 0 Å². The molecule has 1 aliphatic heterocycles. The van der Waals surface area contributed by atoms with Gasteiger partial charge >= 0.3 is 6.18 Å². The topological polar surface area (TPSA) is 9.23 Å². The first-order chi connectivity index (χ1) is 5.50. The average molecular weight is 184 g/mol. The largest absolute Gasteiger partial charge is 0.414 e. The van der Waals surface area contributed by atoms with E-state index >= 15 is 0 Å². The predicted molar refractivity (Wildman–Crippen MR) is 41.0 cm³/mol. The Morgan fingerprint density at radius 1 is 1.17 bits per heavy atom. The molecule has 0 N–H and O–H groups in total. The fourth-order valence-electron chi connectivity index (χ4n) is 1.04. The number of halogens is 3. The van der Waals surface area contributed by atoms with Crippen molar-refractivity contribution in [1.82, 2.24) is 0 Å². The van der Waals surface area contributed by atoms with E-state index in [1.165, 1.54) is 0 Å². The van der Waals surface area contributed by atoms with Crippen molar-refractivity contribution >= 4 is 0 Å². The smallest absolute Gasteiger partial charge is 0.366 e. The lowest BCUT2D eigenvalue weighted by molar-refractivity contribution is -0.213. The summed E-state index contributed by atoms with van der Waals surface area (Å²) in [5, 5.41) is 0. The summed E-state index contributed by atoms with van der Waals surface area (Å²) >= 11 is 0. The minimum atomic E-state index is -4.16. The van der Waals surface area contributed by atoms with E-state index in [4.69, 9.17) is 0 Å². The second-order valence-corrected chi connectivity index (χ2v) is 2.55. The molecule has 1 aliphatic rings. The van der Waals surface area contributed by atoms with Crippen molar-refractivity contribution in [3.8, 4) is 0 Å². The zero-order valence-corrected chi connectivity index (χ0v) is 7.61. The first-order valence-corrected chi connectivity index (χ1v) is 4.22. The monoisotopic (exact) mass is 184 g/mol. The van der Waals surface area contributed by atoms with E-state index in [9.17, 15) is 13.2 Å². The van der Waals surface area contributed by atoms with Crippen LogP contribution in [0.1, 0.15) is 33.6 Å². The first-order valence-electron chi connectivity index (χ1n) is 4.22. The summed E-state index contributed by atoms with van der Waals surface area (Å²) in [5.41, 5.74) is 0. The highest BCUT2D eigenvalue weighted by Crippen LogP contribution is 2.32. The van der Waals surface area contributed by atoms with Gasteiger partial charge in [-0.1, -0.05) is 13.8 Å². The maximum Gasteiger partial charge on any atom is 0.414 e. The maximum absolute atomic E-state index is 11.8. The second kappa shape index (κ2) is 4.70. The standard InChI is InChI=1S/C6H9F3O.C2H6/c1-4-2-3-5(10-4)6(7,8)9;1-2/h4-5H,2-3H2,1H3;1-2H3. The van der Waals surface area contributed by atoms with E-state index in [1.54, 1.807) is 6.92 Å². The lowest BCUT2D eigenvalue weighted by Gasteiger charge is -2.13. The summed E-state index contributed by atoms with van der Waals surface area (Å²) in [6.45, 7) is 5.66. The van der Waals surface area contributed by atoms with Gasteiger partial charge in [0.15, 0.2) is 6.10 Å². The van der Waals surface area contributed by atoms with Gasteiger partial charge in [-0.2, -0.15) is 13.2 Å². The minimum absolute atomic E-state index is 0.116.